The van der Waals surface area contributed by atoms with Gasteiger partial charge in [0.1, 0.15) is 5.03 Å². The Hall–Kier alpha value is -2.32. The molecule has 0 saturated carbocycles. The van der Waals surface area contributed by atoms with Crippen molar-refractivity contribution in [2.75, 3.05) is 35.6 Å². The molecule has 0 aliphatic carbocycles. The Labute approximate surface area is 192 Å². The monoisotopic (exact) mass is 461 g/mol. The summed E-state index contributed by atoms with van der Waals surface area (Å²) >= 11 is 7.42. The van der Waals surface area contributed by atoms with Gasteiger partial charge in [0.2, 0.25) is 11.8 Å². The molecule has 1 aliphatic rings. The molecule has 7 nitrogen and oxygen atoms in total. The number of carbonyl (C=O) groups is 2. The number of nitrogens with zero attached hydrogens (tertiary/aromatic N) is 3. The molecule has 9 heteroatoms. The number of hydrogen-bond donors (Lipinski definition) is 2. The smallest absolute Gasteiger partial charge is 0.234 e. The summed E-state index contributed by atoms with van der Waals surface area (Å²) < 4.78 is 0. The lowest BCUT2D eigenvalue weighted by atomic mass is 9.97. The molecule has 0 radical (unpaired) electrons. The molecule has 166 valence electrons. The first-order chi connectivity index (χ1) is 15.0. The van der Waals surface area contributed by atoms with Gasteiger partial charge in [-0.1, -0.05) is 36.4 Å². The van der Waals surface area contributed by atoms with E-state index in [1.807, 2.05) is 32.0 Å². The van der Waals surface area contributed by atoms with Crippen LogP contribution in [0.3, 0.4) is 0 Å². The van der Waals surface area contributed by atoms with Crippen LogP contribution in [0.25, 0.3) is 0 Å². The van der Waals surface area contributed by atoms with Crippen molar-refractivity contribution in [2.45, 2.75) is 38.1 Å². The van der Waals surface area contributed by atoms with Crippen LogP contribution in [0.5, 0.6) is 0 Å². The summed E-state index contributed by atoms with van der Waals surface area (Å²) in [5.74, 6) is 0.959. The van der Waals surface area contributed by atoms with Crippen LogP contribution in [0.1, 0.15) is 31.7 Å². The number of nitrogens with one attached hydrogen (secondary N) is 2. The van der Waals surface area contributed by atoms with Gasteiger partial charge in [0.05, 0.1) is 11.7 Å². The molecule has 1 aromatic carbocycles. The first kappa shape index (κ1) is 23.3. The molecule has 2 amide bonds. The lowest BCUT2D eigenvalue weighted by Gasteiger charge is -2.32. The molecule has 1 unspecified atom stereocenters. The van der Waals surface area contributed by atoms with Crippen molar-refractivity contribution in [1.82, 2.24) is 15.5 Å². The minimum absolute atomic E-state index is 0.0187. The molecule has 1 saturated heterocycles. The maximum Gasteiger partial charge on any atom is 0.234 e. The van der Waals surface area contributed by atoms with Gasteiger partial charge in [-0.25, -0.2) is 0 Å². The first-order valence-electron chi connectivity index (χ1n) is 10.5. The molecule has 0 spiro atoms. The van der Waals surface area contributed by atoms with Crippen LogP contribution in [-0.4, -0.2) is 47.4 Å². The molecule has 31 heavy (non-hydrogen) atoms. The number of anilines is 2. The molecule has 1 atom stereocenters. The second-order valence-corrected chi connectivity index (χ2v) is 8.96. The number of thioether (sulfide) groups is 1. The normalized spacial score (nSPS) is 16.1. The Morgan fingerprint density at radius 3 is 2.84 bits per heavy atom. The highest BCUT2D eigenvalue weighted by atomic mass is 35.5. The summed E-state index contributed by atoms with van der Waals surface area (Å²) in [7, 11) is 0. The third-order valence-electron chi connectivity index (χ3n) is 5.18. The van der Waals surface area contributed by atoms with Crippen LogP contribution in [0.4, 0.5) is 11.5 Å². The molecule has 2 aromatic rings. The lowest BCUT2D eigenvalue weighted by molar-refractivity contribution is -0.125. The summed E-state index contributed by atoms with van der Waals surface area (Å²) in [6, 6.07) is 9.20. The van der Waals surface area contributed by atoms with Crippen molar-refractivity contribution in [3.05, 3.63) is 40.9 Å². The third-order valence-corrected chi connectivity index (χ3v) is 6.51. The maximum atomic E-state index is 12.3. The molecular weight excluding hydrogens is 434 g/mol. The highest BCUT2D eigenvalue weighted by Crippen LogP contribution is 2.25. The SMILES string of the molecule is CCCNC(=O)C1CCCN(c2ccc(SCC(=O)Nc3cccc(Cl)c3C)nn2)C1. The molecule has 2 N–H and O–H groups in total. The predicted octanol–water partition coefficient (Wildman–Crippen LogP) is 3.91. The number of hydrogen-bond acceptors (Lipinski definition) is 6. The average molecular weight is 462 g/mol. The van der Waals surface area contributed by atoms with Crippen LogP contribution in [0, 0.1) is 12.8 Å². The van der Waals surface area contributed by atoms with Crippen molar-refractivity contribution in [3.63, 3.8) is 0 Å². The third kappa shape index (κ3) is 6.58. The predicted molar refractivity (Wildman–Crippen MR) is 126 cm³/mol. The van der Waals surface area contributed by atoms with Gasteiger partial charge in [0.15, 0.2) is 5.82 Å². The topological polar surface area (TPSA) is 87.2 Å². The Kier molecular flexibility index (Phi) is 8.54. The number of halogens is 1. The first-order valence-corrected chi connectivity index (χ1v) is 11.9. The zero-order valence-electron chi connectivity index (χ0n) is 17.9. The van der Waals surface area contributed by atoms with Crippen molar-refractivity contribution >= 4 is 46.7 Å². The van der Waals surface area contributed by atoms with Crippen LogP contribution in [-0.2, 0) is 9.59 Å². The minimum atomic E-state index is -0.127. The number of benzene rings is 1. The minimum Gasteiger partial charge on any atom is -0.356 e. The summed E-state index contributed by atoms with van der Waals surface area (Å²) in [6.07, 6.45) is 2.78. The fourth-order valence-electron chi connectivity index (χ4n) is 3.42. The van der Waals surface area contributed by atoms with E-state index >= 15 is 0 Å². The van der Waals surface area contributed by atoms with Gasteiger partial charge in [-0.15, -0.1) is 10.2 Å². The maximum absolute atomic E-state index is 12.3. The molecule has 0 bridgehead atoms. The highest BCUT2D eigenvalue weighted by molar-refractivity contribution is 7.99. The Morgan fingerprint density at radius 2 is 2.10 bits per heavy atom. The van der Waals surface area contributed by atoms with Gasteiger partial charge in [-0.05, 0) is 56.0 Å². The number of carbonyl (C=O) groups excluding carboxylic acids is 2. The van der Waals surface area contributed by atoms with E-state index in [0.717, 1.165) is 37.2 Å². The van der Waals surface area contributed by atoms with Gasteiger partial charge in [-0.2, -0.15) is 0 Å². The average Bonchev–Trinajstić information content (AvgIpc) is 2.79. The van der Waals surface area contributed by atoms with Crippen molar-refractivity contribution in [3.8, 4) is 0 Å². The van der Waals surface area contributed by atoms with E-state index in [1.165, 1.54) is 11.8 Å². The van der Waals surface area contributed by atoms with Crippen molar-refractivity contribution < 1.29 is 9.59 Å². The Morgan fingerprint density at radius 1 is 1.26 bits per heavy atom. The van der Waals surface area contributed by atoms with Gasteiger partial charge < -0.3 is 15.5 Å². The van der Waals surface area contributed by atoms with Crippen molar-refractivity contribution in [1.29, 1.82) is 0 Å². The van der Waals surface area contributed by atoms with Gasteiger partial charge in [0, 0.05) is 30.3 Å². The zero-order valence-corrected chi connectivity index (χ0v) is 19.4. The number of rotatable bonds is 8. The second kappa shape index (κ2) is 11.3. The summed E-state index contributed by atoms with van der Waals surface area (Å²) in [4.78, 5) is 26.7. The Bertz CT molecular complexity index is 909. The molecule has 1 aliphatic heterocycles. The van der Waals surface area contributed by atoms with E-state index in [9.17, 15) is 9.59 Å². The number of aromatic nitrogens is 2. The van der Waals surface area contributed by atoms with Crippen LogP contribution < -0.4 is 15.5 Å². The lowest BCUT2D eigenvalue weighted by Crippen LogP contribution is -2.43. The molecular formula is C22H28ClN5O2S. The van der Waals surface area contributed by atoms with E-state index in [0.29, 0.717) is 28.8 Å². The number of piperidine rings is 1. The fourth-order valence-corrected chi connectivity index (χ4v) is 4.21. The van der Waals surface area contributed by atoms with Crippen LogP contribution in [0.2, 0.25) is 5.02 Å². The Balaban J connectivity index is 1.51. The standard InChI is InChI=1S/C22H28ClN5O2S/c1-3-11-24-22(30)16-6-5-12-28(13-16)19-9-10-21(27-26-19)31-14-20(29)25-18-8-4-7-17(23)15(18)2/h4,7-10,16H,3,5-6,11-14H2,1-2H3,(H,24,30)(H,25,29). The van der Waals surface area contributed by atoms with E-state index < -0.39 is 0 Å². The molecule has 2 heterocycles. The number of amides is 2. The highest BCUT2D eigenvalue weighted by Gasteiger charge is 2.26. The molecule has 1 aromatic heterocycles. The quantitative estimate of drug-likeness (QED) is 0.579. The fraction of sp³-hybridized carbons (Fsp3) is 0.455. The largest absolute Gasteiger partial charge is 0.356 e. The molecule has 3 rings (SSSR count). The van der Waals surface area contributed by atoms with Crippen LogP contribution in [0.15, 0.2) is 35.4 Å². The second-order valence-electron chi connectivity index (χ2n) is 7.56. The van der Waals surface area contributed by atoms with Gasteiger partial charge >= 0.3 is 0 Å². The summed E-state index contributed by atoms with van der Waals surface area (Å²) in [5, 5.41) is 15.7. The van der Waals surface area contributed by atoms with Crippen LogP contribution >= 0.6 is 23.4 Å². The van der Waals surface area contributed by atoms with Crippen molar-refractivity contribution in [2.24, 2.45) is 5.92 Å². The van der Waals surface area contributed by atoms with E-state index in [2.05, 4.69) is 25.7 Å². The summed E-state index contributed by atoms with van der Waals surface area (Å²) in [6.45, 7) is 6.14. The van der Waals surface area contributed by atoms with Gasteiger partial charge in [0.25, 0.3) is 0 Å². The van der Waals surface area contributed by atoms with E-state index in [4.69, 9.17) is 11.6 Å². The summed E-state index contributed by atoms with van der Waals surface area (Å²) in [5.41, 5.74) is 1.55. The molecule has 1 fully saturated rings. The van der Waals surface area contributed by atoms with E-state index in [1.54, 1.807) is 12.1 Å². The van der Waals surface area contributed by atoms with Gasteiger partial charge in [-0.3, -0.25) is 9.59 Å². The zero-order chi connectivity index (χ0) is 22.2. The van der Waals surface area contributed by atoms with E-state index in [-0.39, 0.29) is 23.5 Å².